The molecule has 4 rings (SSSR count). The van der Waals surface area contributed by atoms with Gasteiger partial charge in [-0.2, -0.15) is 9.78 Å². The van der Waals surface area contributed by atoms with Crippen LogP contribution in [0.3, 0.4) is 0 Å². The fourth-order valence-corrected chi connectivity index (χ4v) is 4.32. The average Bonchev–Trinajstić information content (AvgIpc) is 3.21. The van der Waals surface area contributed by atoms with Crippen molar-refractivity contribution < 1.29 is 9.47 Å². The predicted molar refractivity (Wildman–Crippen MR) is 140 cm³/mol. The second kappa shape index (κ2) is 11.6. The van der Waals surface area contributed by atoms with Crippen LogP contribution in [0.4, 0.5) is 0 Å². The van der Waals surface area contributed by atoms with E-state index in [1.807, 2.05) is 61.5 Å². The minimum atomic E-state index is 0.416. The third-order valence-electron chi connectivity index (χ3n) is 4.87. The quantitative estimate of drug-likeness (QED) is 0.168. The molecular formula is C25H22BrClN4O2S. The molecule has 0 aliphatic carbocycles. The van der Waals surface area contributed by atoms with E-state index in [-0.39, 0.29) is 0 Å². The smallest absolute Gasteiger partial charge is 0.212 e. The summed E-state index contributed by atoms with van der Waals surface area (Å²) in [6.07, 6.45) is 1.76. The normalized spacial score (nSPS) is 11.2. The van der Waals surface area contributed by atoms with E-state index in [1.165, 1.54) is 5.56 Å². The molecule has 0 amide bonds. The zero-order valence-electron chi connectivity index (χ0n) is 18.6. The Morgan fingerprint density at radius 2 is 1.74 bits per heavy atom. The number of ether oxygens (including phenoxy) is 2. The van der Waals surface area contributed by atoms with Crippen molar-refractivity contribution >= 4 is 45.5 Å². The van der Waals surface area contributed by atoms with Gasteiger partial charge in [-0.25, -0.2) is 0 Å². The van der Waals surface area contributed by atoms with Crippen molar-refractivity contribution in [1.82, 2.24) is 14.9 Å². The second-order valence-corrected chi connectivity index (χ2v) is 9.62. The molecule has 0 unspecified atom stereocenters. The molecule has 34 heavy (non-hydrogen) atoms. The van der Waals surface area contributed by atoms with Gasteiger partial charge >= 0.3 is 0 Å². The molecule has 0 aliphatic heterocycles. The maximum absolute atomic E-state index is 5.95. The van der Waals surface area contributed by atoms with Gasteiger partial charge in [-0.05, 0) is 66.1 Å². The summed E-state index contributed by atoms with van der Waals surface area (Å²) in [5, 5.41) is 14.5. The lowest BCUT2D eigenvalue weighted by Crippen LogP contribution is -1.99. The summed E-state index contributed by atoms with van der Waals surface area (Å²) < 4.78 is 14.3. The number of thioether (sulfide) groups is 1. The molecular weight excluding hydrogens is 536 g/mol. The van der Waals surface area contributed by atoms with Gasteiger partial charge in [0.05, 0.1) is 13.3 Å². The molecule has 1 heterocycles. The monoisotopic (exact) mass is 556 g/mol. The Bertz CT molecular complexity index is 1280. The third-order valence-corrected chi connectivity index (χ3v) is 6.64. The minimum Gasteiger partial charge on any atom is -0.493 e. The molecule has 0 saturated heterocycles. The van der Waals surface area contributed by atoms with E-state index in [9.17, 15) is 0 Å². The van der Waals surface area contributed by atoms with Gasteiger partial charge in [-0.1, -0.05) is 63.6 Å². The first-order chi connectivity index (χ1) is 16.5. The zero-order chi connectivity index (χ0) is 23.9. The van der Waals surface area contributed by atoms with Crippen LogP contribution in [0.25, 0.3) is 0 Å². The van der Waals surface area contributed by atoms with E-state index in [0.29, 0.717) is 29.0 Å². The van der Waals surface area contributed by atoms with Crippen molar-refractivity contribution in [2.75, 3.05) is 7.11 Å². The summed E-state index contributed by atoms with van der Waals surface area (Å²) in [5.74, 6) is 2.77. The highest BCUT2D eigenvalue weighted by molar-refractivity contribution is 9.10. The standard InChI is InChI=1S/C25H22BrClN4O2S/c1-17-29-30-25(34-16-19-3-8-21(26)9-4-19)31(17)28-14-20-7-12-23(24(13-20)32-2)33-15-18-5-10-22(27)11-6-18/h3-14H,15-16H2,1-2H3/b28-14+. The molecule has 6 nitrogen and oxygen atoms in total. The van der Waals surface area contributed by atoms with Crippen molar-refractivity contribution in [2.45, 2.75) is 24.4 Å². The van der Waals surface area contributed by atoms with E-state index >= 15 is 0 Å². The average molecular weight is 558 g/mol. The van der Waals surface area contributed by atoms with Gasteiger partial charge in [0, 0.05) is 15.2 Å². The number of aryl methyl sites for hydroxylation is 1. The fraction of sp³-hybridized carbons (Fsp3) is 0.160. The number of hydrogen-bond acceptors (Lipinski definition) is 6. The van der Waals surface area contributed by atoms with E-state index < -0.39 is 0 Å². The van der Waals surface area contributed by atoms with Crippen molar-refractivity contribution in [3.8, 4) is 11.5 Å². The molecule has 0 fully saturated rings. The van der Waals surface area contributed by atoms with Crippen LogP contribution in [0.5, 0.6) is 11.5 Å². The number of benzene rings is 3. The predicted octanol–water partition coefficient (Wildman–Crippen LogP) is 6.76. The Morgan fingerprint density at radius 3 is 2.47 bits per heavy atom. The molecule has 0 spiro atoms. The largest absolute Gasteiger partial charge is 0.493 e. The first-order valence-corrected chi connectivity index (χ1v) is 12.6. The van der Waals surface area contributed by atoms with Crippen LogP contribution in [0.2, 0.25) is 5.02 Å². The summed E-state index contributed by atoms with van der Waals surface area (Å²) >= 11 is 11.0. The lowest BCUT2D eigenvalue weighted by Gasteiger charge is -2.11. The summed E-state index contributed by atoms with van der Waals surface area (Å²) in [5.41, 5.74) is 3.09. The molecule has 0 N–H and O–H groups in total. The summed E-state index contributed by atoms with van der Waals surface area (Å²) in [6, 6.07) is 21.5. The molecule has 1 aromatic heterocycles. The molecule has 0 atom stereocenters. The molecule has 0 aliphatic rings. The SMILES string of the molecule is COc1cc(/C=N/n2c(C)nnc2SCc2ccc(Br)cc2)ccc1OCc1ccc(Cl)cc1. The van der Waals surface area contributed by atoms with Gasteiger partial charge in [0.1, 0.15) is 6.61 Å². The van der Waals surface area contributed by atoms with Crippen LogP contribution in [0.1, 0.15) is 22.5 Å². The Balaban J connectivity index is 1.44. The van der Waals surface area contributed by atoms with Gasteiger partial charge in [-0.3, -0.25) is 0 Å². The van der Waals surface area contributed by atoms with Gasteiger partial charge < -0.3 is 9.47 Å². The Hall–Kier alpha value is -2.81. The number of hydrogen-bond donors (Lipinski definition) is 0. The van der Waals surface area contributed by atoms with Crippen LogP contribution >= 0.6 is 39.3 Å². The maximum atomic E-state index is 5.95. The van der Waals surface area contributed by atoms with Crippen LogP contribution in [0, 0.1) is 6.92 Å². The highest BCUT2D eigenvalue weighted by Gasteiger charge is 2.10. The molecule has 174 valence electrons. The minimum absolute atomic E-state index is 0.416. The van der Waals surface area contributed by atoms with Gasteiger partial charge in [0.2, 0.25) is 5.16 Å². The summed E-state index contributed by atoms with van der Waals surface area (Å²) in [4.78, 5) is 0. The van der Waals surface area contributed by atoms with E-state index in [1.54, 1.807) is 29.8 Å². The molecule has 0 radical (unpaired) electrons. The fourth-order valence-electron chi connectivity index (χ4n) is 3.04. The highest BCUT2D eigenvalue weighted by atomic mass is 79.9. The first kappa shape index (κ1) is 24.3. The van der Waals surface area contributed by atoms with Crippen molar-refractivity contribution in [3.63, 3.8) is 0 Å². The molecule has 4 aromatic rings. The Kier molecular flexibility index (Phi) is 8.26. The van der Waals surface area contributed by atoms with Crippen LogP contribution in [-0.4, -0.2) is 28.2 Å². The number of methoxy groups -OCH3 is 1. The number of aromatic nitrogens is 3. The lowest BCUT2D eigenvalue weighted by molar-refractivity contribution is 0.284. The van der Waals surface area contributed by atoms with Gasteiger partial charge in [0.15, 0.2) is 17.3 Å². The highest BCUT2D eigenvalue weighted by Crippen LogP contribution is 2.29. The van der Waals surface area contributed by atoms with E-state index in [4.69, 9.17) is 21.1 Å². The number of rotatable bonds is 9. The zero-order valence-corrected chi connectivity index (χ0v) is 21.8. The van der Waals surface area contributed by atoms with Gasteiger partial charge in [-0.15, -0.1) is 10.2 Å². The molecule has 3 aromatic carbocycles. The Labute approximate surface area is 216 Å². The molecule has 0 bridgehead atoms. The van der Waals surface area contributed by atoms with Crippen molar-refractivity contribution in [1.29, 1.82) is 0 Å². The molecule has 9 heteroatoms. The van der Waals surface area contributed by atoms with Gasteiger partial charge in [0.25, 0.3) is 0 Å². The molecule has 0 saturated carbocycles. The second-order valence-electron chi connectivity index (χ2n) is 7.33. The van der Waals surface area contributed by atoms with E-state index in [0.717, 1.165) is 26.5 Å². The van der Waals surface area contributed by atoms with Crippen molar-refractivity contribution in [2.24, 2.45) is 5.10 Å². The van der Waals surface area contributed by atoms with Crippen LogP contribution in [-0.2, 0) is 12.4 Å². The number of halogens is 2. The van der Waals surface area contributed by atoms with E-state index in [2.05, 4.69) is 43.4 Å². The van der Waals surface area contributed by atoms with Crippen LogP contribution < -0.4 is 9.47 Å². The summed E-state index contributed by atoms with van der Waals surface area (Å²) in [7, 11) is 1.62. The third kappa shape index (κ3) is 6.40. The lowest BCUT2D eigenvalue weighted by atomic mass is 10.2. The van der Waals surface area contributed by atoms with Crippen LogP contribution in [0.15, 0.2) is 81.5 Å². The topological polar surface area (TPSA) is 61.5 Å². The Morgan fingerprint density at radius 1 is 1.00 bits per heavy atom. The number of nitrogens with zero attached hydrogens (tertiary/aromatic N) is 4. The maximum Gasteiger partial charge on any atom is 0.212 e. The van der Waals surface area contributed by atoms with Crippen molar-refractivity contribution in [3.05, 3.63) is 98.7 Å². The first-order valence-electron chi connectivity index (χ1n) is 10.4. The summed E-state index contributed by atoms with van der Waals surface area (Å²) in [6.45, 7) is 2.29.